The number of hydrogen-bond donors (Lipinski definition) is 3. The van der Waals surface area contributed by atoms with Gasteiger partial charge in [-0.2, -0.15) is 0 Å². The van der Waals surface area contributed by atoms with Gasteiger partial charge in [-0.1, -0.05) is 12.8 Å². The van der Waals surface area contributed by atoms with Gasteiger partial charge in [0.05, 0.1) is 28.4 Å². The summed E-state index contributed by atoms with van der Waals surface area (Å²) in [5.74, 6) is 0. The fourth-order valence-corrected chi connectivity index (χ4v) is 3.46. The van der Waals surface area contributed by atoms with Crippen LogP contribution in [0.5, 0.6) is 0 Å². The zero-order valence-corrected chi connectivity index (χ0v) is 13.2. The predicted octanol–water partition coefficient (Wildman–Crippen LogP) is 1.23. The molecule has 0 spiro atoms. The maximum atomic E-state index is 12.0. The zero-order chi connectivity index (χ0) is 15.6. The average Bonchev–Trinajstić information content (AvgIpc) is 2.43. The normalized spacial score (nSPS) is 23.2. The number of anilines is 2. The lowest BCUT2D eigenvalue weighted by Gasteiger charge is -2.29. The number of nitrogens with one attached hydrogen (secondary N) is 1. The Hall–Kier alpha value is -1.31. The number of rotatable bonds is 4. The number of nitrogens with zero attached hydrogens (tertiary/aromatic N) is 1. The van der Waals surface area contributed by atoms with Gasteiger partial charge >= 0.3 is 0 Å². The van der Waals surface area contributed by atoms with E-state index >= 15 is 0 Å². The van der Waals surface area contributed by atoms with E-state index in [2.05, 4.69) is 5.32 Å². The van der Waals surface area contributed by atoms with Crippen molar-refractivity contribution in [3.8, 4) is 0 Å². The highest BCUT2D eigenvalue weighted by Gasteiger charge is 2.24. The number of hydrogen-bond acceptors (Lipinski definition) is 5. The van der Waals surface area contributed by atoms with Crippen molar-refractivity contribution in [2.45, 2.75) is 42.7 Å². The Morgan fingerprint density at radius 2 is 1.95 bits per heavy atom. The second kappa shape index (κ2) is 6.21. The summed E-state index contributed by atoms with van der Waals surface area (Å²) in [6.45, 7) is 0. The van der Waals surface area contributed by atoms with Crippen molar-refractivity contribution in [2.75, 3.05) is 25.1 Å². The fourth-order valence-electron chi connectivity index (χ4n) is 2.52. The second-order valence-corrected chi connectivity index (χ2v) is 7.79. The van der Waals surface area contributed by atoms with E-state index in [-0.39, 0.29) is 17.0 Å². The number of benzene rings is 1. The molecule has 2 atom stereocenters. The predicted molar refractivity (Wildman–Crippen MR) is 83.6 cm³/mol. The molecule has 0 aliphatic heterocycles. The summed E-state index contributed by atoms with van der Waals surface area (Å²) in [5.41, 5.74) is 6.99. The molecule has 0 aromatic heterocycles. The first-order valence-corrected chi connectivity index (χ1v) is 8.53. The molecule has 0 bridgehead atoms. The molecule has 1 aromatic rings. The van der Waals surface area contributed by atoms with Crippen LogP contribution in [0.1, 0.15) is 25.7 Å². The third-order valence-corrected chi connectivity index (χ3v) is 5.68. The highest BCUT2D eigenvalue weighted by molar-refractivity contribution is 7.89. The van der Waals surface area contributed by atoms with E-state index in [1.165, 1.54) is 26.2 Å². The maximum absolute atomic E-state index is 12.0. The molecule has 0 saturated heterocycles. The first-order valence-electron chi connectivity index (χ1n) is 7.09. The van der Waals surface area contributed by atoms with Crippen LogP contribution in [0.15, 0.2) is 23.1 Å². The van der Waals surface area contributed by atoms with Gasteiger partial charge in [-0.3, -0.25) is 0 Å². The van der Waals surface area contributed by atoms with Crippen LogP contribution >= 0.6 is 0 Å². The lowest BCUT2D eigenvalue weighted by Crippen LogP contribution is -2.36. The molecule has 21 heavy (non-hydrogen) atoms. The monoisotopic (exact) mass is 313 g/mol. The number of aliphatic hydroxyl groups excluding tert-OH is 1. The lowest BCUT2D eigenvalue weighted by atomic mass is 9.92. The van der Waals surface area contributed by atoms with Crippen LogP contribution in [0.2, 0.25) is 0 Å². The largest absolute Gasteiger partial charge is 0.397 e. The van der Waals surface area contributed by atoms with E-state index in [9.17, 15) is 13.5 Å². The Bertz CT molecular complexity index is 601. The first-order chi connectivity index (χ1) is 9.82. The molecule has 2 unspecified atom stereocenters. The van der Waals surface area contributed by atoms with Crippen LogP contribution < -0.4 is 11.1 Å². The van der Waals surface area contributed by atoms with Crippen LogP contribution in [0.3, 0.4) is 0 Å². The minimum absolute atomic E-state index is 0.0302. The summed E-state index contributed by atoms with van der Waals surface area (Å²) in [4.78, 5) is 0.166. The fraction of sp³-hybridized carbons (Fsp3) is 0.571. The van der Waals surface area contributed by atoms with Gasteiger partial charge in [0.15, 0.2) is 0 Å². The molecular formula is C14H23N3O3S. The topological polar surface area (TPSA) is 95.7 Å². The standard InChI is InChI=1S/C14H23N3O3S/c1-17(2)21(19,20)10-7-8-12(11(15)9-10)16-13-5-3-4-6-14(13)18/h7-9,13-14,16,18H,3-6,15H2,1-2H3. The van der Waals surface area contributed by atoms with Crippen LogP contribution in [0.25, 0.3) is 0 Å². The Labute approximate surface area is 126 Å². The van der Waals surface area contributed by atoms with Crippen molar-refractivity contribution in [1.29, 1.82) is 0 Å². The SMILES string of the molecule is CN(C)S(=O)(=O)c1ccc(NC2CCCCC2O)c(N)c1. The van der Waals surface area contributed by atoms with Crippen LogP contribution in [-0.4, -0.2) is 44.1 Å². The summed E-state index contributed by atoms with van der Waals surface area (Å²) in [5, 5.41) is 13.2. The smallest absolute Gasteiger partial charge is 0.242 e. The first kappa shape index (κ1) is 16.1. The van der Waals surface area contributed by atoms with Crippen molar-refractivity contribution in [3.05, 3.63) is 18.2 Å². The molecule has 1 saturated carbocycles. The van der Waals surface area contributed by atoms with Crippen LogP contribution in [0, 0.1) is 0 Å². The van der Waals surface area contributed by atoms with Gasteiger partial charge in [0, 0.05) is 14.1 Å². The van der Waals surface area contributed by atoms with Gasteiger partial charge in [0.1, 0.15) is 0 Å². The minimum atomic E-state index is -3.48. The molecule has 6 nitrogen and oxygen atoms in total. The zero-order valence-electron chi connectivity index (χ0n) is 12.4. The van der Waals surface area contributed by atoms with Crippen molar-refractivity contribution < 1.29 is 13.5 Å². The summed E-state index contributed by atoms with van der Waals surface area (Å²) < 4.78 is 25.2. The Morgan fingerprint density at radius 1 is 1.29 bits per heavy atom. The summed E-state index contributed by atoms with van der Waals surface area (Å²) in [6, 6.07) is 4.61. The van der Waals surface area contributed by atoms with E-state index in [0.717, 1.165) is 30.0 Å². The maximum Gasteiger partial charge on any atom is 0.242 e. The van der Waals surface area contributed by atoms with Gasteiger partial charge in [-0.15, -0.1) is 0 Å². The number of aliphatic hydroxyl groups is 1. The van der Waals surface area contributed by atoms with E-state index in [1.54, 1.807) is 6.07 Å². The molecule has 0 radical (unpaired) electrons. The highest BCUT2D eigenvalue weighted by atomic mass is 32.2. The third-order valence-electron chi connectivity index (χ3n) is 3.87. The molecule has 1 fully saturated rings. The molecule has 1 aromatic carbocycles. The second-order valence-electron chi connectivity index (χ2n) is 5.64. The van der Waals surface area contributed by atoms with E-state index in [1.807, 2.05) is 0 Å². The summed E-state index contributed by atoms with van der Waals surface area (Å²) in [6.07, 6.45) is 3.39. The Kier molecular flexibility index (Phi) is 4.75. The van der Waals surface area contributed by atoms with Crippen molar-refractivity contribution in [2.24, 2.45) is 0 Å². The van der Waals surface area contributed by atoms with Gasteiger partial charge in [0.25, 0.3) is 0 Å². The molecular weight excluding hydrogens is 290 g/mol. The summed E-state index contributed by atoms with van der Waals surface area (Å²) >= 11 is 0. The molecule has 1 aliphatic rings. The van der Waals surface area contributed by atoms with Gasteiger partial charge in [-0.25, -0.2) is 12.7 Å². The number of nitrogens with two attached hydrogens (primary N) is 1. The molecule has 0 heterocycles. The number of sulfonamides is 1. The molecule has 7 heteroatoms. The Morgan fingerprint density at radius 3 is 2.52 bits per heavy atom. The van der Waals surface area contributed by atoms with Crippen LogP contribution in [0.4, 0.5) is 11.4 Å². The van der Waals surface area contributed by atoms with Crippen molar-refractivity contribution in [3.63, 3.8) is 0 Å². The van der Waals surface area contributed by atoms with E-state index < -0.39 is 10.0 Å². The minimum Gasteiger partial charge on any atom is -0.397 e. The van der Waals surface area contributed by atoms with E-state index in [0.29, 0.717) is 11.4 Å². The van der Waals surface area contributed by atoms with Gasteiger partial charge < -0.3 is 16.2 Å². The van der Waals surface area contributed by atoms with Crippen molar-refractivity contribution in [1.82, 2.24) is 4.31 Å². The number of nitrogen functional groups attached to an aromatic ring is 1. The molecule has 2 rings (SSSR count). The highest BCUT2D eigenvalue weighted by Crippen LogP contribution is 2.28. The molecule has 118 valence electrons. The van der Waals surface area contributed by atoms with Gasteiger partial charge in [0.2, 0.25) is 10.0 Å². The average molecular weight is 313 g/mol. The van der Waals surface area contributed by atoms with Gasteiger partial charge in [-0.05, 0) is 31.0 Å². The van der Waals surface area contributed by atoms with E-state index in [4.69, 9.17) is 5.73 Å². The lowest BCUT2D eigenvalue weighted by molar-refractivity contribution is 0.116. The molecule has 1 aliphatic carbocycles. The van der Waals surface area contributed by atoms with Crippen molar-refractivity contribution >= 4 is 21.4 Å². The third kappa shape index (κ3) is 3.48. The molecule has 4 N–H and O–H groups in total. The Balaban J connectivity index is 2.20. The summed E-state index contributed by atoms with van der Waals surface area (Å²) in [7, 11) is -0.519. The molecule has 0 amide bonds. The quantitative estimate of drug-likeness (QED) is 0.727. The van der Waals surface area contributed by atoms with Crippen LogP contribution in [-0.2, 0) is 10.0 Å².